The monoisotopic (exact) mass is 151 g/mol. The van der Waals surface area contributed by atoms with E-state index in [9.17, 15) is 0 Å². The molecule has 1 nitrogen and oxygen atoms in total. The summed E-state index contributed by atoms with van der Waals surface area (Å²) in [5.41, 5.74) is 1.53. The molecule has 2 saturated carbocycles. The summed E-state index contributed by atoms with van der Waals surface area (Å²) in [5, 5.41) is 0. The first kappa shape index (κ1) is 7.33. The maximum atomic E-state index is 4.70. The molecular weight excluding hydrogens is 134 g/mol. The van der Waals surface area contributed by atoms with E-state index in [1.165, 1.54) is 31.4 Å². The number of nitrogens with zero attached hydrogens (tertiary/aromatic N) is 1. The van der Waals surface area contributed by atoms with Crippen LogP contribution in [0.25, 0.3) is 0 Å². The Hall–Kier alpha value is -0.330. The Bertz CT molecular complexity index is 183. The summed E-state index contributed by atoms with van der Waals surface area (Å²) in [6, 6.07) is 0.729. The van der Waals surface area contributed by atoms with Crippen molar-refractivity contribution in [3.63, 3.8) is 0 Å². The van der Waals surface area contributed by atoms with Crippen LogP contribution in [0.2, 0.25) is 0 Å². The topological polar surface area (TPSA) is 12.4 Å². The van der Waals surface area contributed by atoms with E-state index in [0.29, 0.717) is 0 Å². The van der Waals surface area contributed by atoms with Crippen molar-refractivity contribution in [3.8, 4) is 0 Å². The van der Waals surface area contributed by atoms with Crippen molar-refractivity contribution < 1.29 is 0 Å². The van der Waals surface area contributed by atoms with E-state index >= 15 is 0 Å². The Morgan fingerprint density at radius 2 is 2.27 bits per heavy atom. The van der Waals surface area contributed by atoms with E-state index in [-0.39, 0.29) is 0 Å². The third-order valence-corrected chi connectivity index (χ3v) is 2.80. The van der Waals surface area contributed by atoms with Gasteiger partial charge >= 0.3 is 0 Å². The quantitative estimate of drug-likeness (QED) is 0.588. The Morgan fingerprint density at radius 1 is 1.55 bits per heavy atom. The number of hydrogen-bond donors (Lipinski definition) is 0. The van der Waals surface area contributed by atoms with Crippen molar-refractivity contribution in [3.05, 3.63) is 0 Å². The molecule has 3 atom stereocenters. The average Bonchev–Trinajstić information content (AvgIpc) is 2.80. The fourth-order valence-corrected chi connectivity index (χ4v) is 1.66. The number of hydrogen-bond acceptors (Lipinski definition) is 1. The summed E-state index contributed by atoms with van der Waals surface area (Å²) in [5.74, 6) is 1.79. The highest BCUT2D eigenvalue weighted by atomic mass is 14.9. The summed E-state index contributed by atoms with van der Waals surface area (Å²) in [6.45, 7) is 4.56. The SMILES string of the molecule is CCCC1CC1=NC1CC1C. The van der Waals surface area contributed by atoms with E-state index in [2.05, 4.69) is 13.8 Å². The zero-order valence-corrected chi connectivity index (χ0v) is 7.51. The van der Waals surface area contributed by atoms with Crippen LogP contribution in [0.1, 0.15) is 39.5 Å². The molecule has 0 aromatic heterocycles. The van der Waals surface area contributed by atoms with E-state index < -0.39 is 0 Å². The molecule has 0 spiro atoms. The molecule has 62 valence electrons. The minimum Gasteiger partial charge on any atom is -0.290 e. The Kier molecular flexibility index (Phi) is 1.74. The van der Waals surface area contributed by atoms with Gasteiger partial charge in [0.25, 0.3) is 0 Å². The first-order valence-corrected chi connectivity index (χ1v) is 4.87. The van der Waals surface area contributed by atoms with Crippen LogP contribution in [-0.4, -0.2) is 11.8 Å². The fraction of sp³-hybridized carbons (Fsp3) is 0.900. The zero-order valence-electron chi connectivity index (χ0n) is 7.51. The van der Waals surface area contributed by atoms with Gasteiger partial charge in [0.2, 0.25) is 0 Å². The summed E-state index contributed by atoms with van der Waals surface area (Å²) >= 11 is 0. The second-order valence-electron chi connectivity index (χ2n) is 4.09. The maximum Gasteiger partial charge on any atom is 0.0528 e. The van der Waals surface area contributed by atoms with Gasteiger partial charge in [0, 0.05) is 11.6 Å². The fourth-order valence-electron chi connectivity index (χ4n) is 1.66. The number of rotatable bonds is 3. The van der Waals surface area contributed by atoms with Crippen molar-refractivity contribution in [1.29, 1.82) is 0 Å². The molecule has 11 heavy (non-hydrogen) atoms. The third-order valence-electron chi connectivity index (χ3n) is 2.80. The molecule has 2 aliphatic rings. The lowest BCUT2D eigenvalue weighted by Crippen LogP contribution is -1.83. The highest BCUT2D eigenvalue weighted by Gasteiger charge is 2.37. The summed E-state index contributed by atoms with van der Waals surface area (Å²) in [4.78, 5) is 4.70. The standard InChI is InChI=1S/C10H17N/c1-3-4-8-6-10(8)11-9-5-7(9)2/h7-9H,3-6H2,1-2H3. The molecule has 2 fully saturated rings. The summed E-state index contributed by atoms with van der Waals surface area (Å²) in [7, 11) is 0. The smallest absolute Gasteiger partial charge is 0.0528 e. The van der Waals surface area contributed by atoms with Crippen molar-refractivity contribution in [1.82, 2.24) is 0 Å². The molecule has 0 amide bonds. The van der Waals surface area contributed by atoms with Crippen LogP contribution in [0.3, 0.4) is 0 Å². The zero-order chi connectivity index (χ0) is 7.84. The predicted molar refractivity (Wildman–Crippen MR) is 48.0 cm³/mol. The minimum atomic E-state index is 0.729. The van der Waals surface area contributed by atoms with Crippen LogP contribution >= 0.6 is 0 Å². The van der Waals surface area contributed by atoms with Crippen LogP contribution in [0, 0.1) is 11.8 Å². The molecule has 0 heterocycles. The largest absolute Gasteiger partial charge is 0.290 e. The van der Waals surface area contributed by atoms with Crippen LogP contribution in [-0.2, 0) is 0 Å². The number of aliphatic imine (C=N–C) groups is 1. The van der Waals surface area contributed by atoms with Crippen molar-refractivity contribution >= 4 is 5.71 Å². The van der Waals surface area contributed by atoms with E-state index in [1.807, 2.05) is 0 Å². The highest BCUT2D eigenvalue weighted by Crippen LogP contribution is 2.38. The molecule has 1 heteroatoms. The van der Waals surface area contributed by atoms with Crippen molar-refractivity contribution in [2.75, 3.05) is 0 Å². The predicted octanol–water partition coefficient (Wildman–Crippen LogP) is 2.66. The van der Waals surface area contributed by atoms with Gasteiger partial charge in [-0.15, -0.1) is 0 Å². The molecule has 3 unspecified atom stereocenters. The van der Waals surface area contributed by atoms with Gasteiger partial charge < -0.3 is 0 Å². The minimum absolute atomic E-state index is 0.729. The molecule has 2 aliphatic carbocycles. The van der Waals surface area contributed by atoms with Gasteiger partial charge in [0.1, 0.15) is 0 Å². The lowest BCUT2D eigenvalue weighted by molar-refractivity contribution is 0.737. The van der Waals surface area contributed by atoms with E-state index in [1.54, 1.807) is 0 Å². The molecular formula is C10H17N. The second kappa shape index (κ2) is 2.62. The lowest BCUT2D eigenvalue weighted by atomic mass is 10.2. The molecule has 0 saturated heterocycles. The van der Waals surface area contributed by atoms with Gasteiger partial charge in [0.15, 0.2) is 0 Å². The van der Waals surface area contributed by atoms with Gasteiger partial charge in [-0.05, 0) is 25.2 Å². The van der Waals surface area contributed by atoms with Crippen LogP contribution in [0.15, 0.2) is 4.99 Å². The summed E-state index contributed by atoms with van der Waals surface area (Å²) < 4.78 is 0. The van der Waals surface area contributed by atoms with Crippen molar-refractivity contribution in [2.24, 2.45) is 16.8 Å². The molecule has 0 bridgehead atoms. The van der Waals surface area contributed by atoms with Crippen LogP contribution in [0.4, 0.5) is 0 Å². The van der Waals surface area contributed by atoms with Gasteiger partial charge in [-0.3, -0.25) is 4.99 Å². The van der Waals surface area contributed by atoms with Gasteiger partial charge in [-0.25, -0.2) is 0 Å². The lowest BCUT2D eigenvalue weighted by Gasteiger charge is -1.87. The molecule has 0 aromatic carbocycles. The molecule has 0 N–H and O–H groups in total. The summed E-state index contributed by atoms with van der Waals surface area (Å²) in [6.07, 6.45) is 5.36. The van der Waals surface area contributed by atoms with Crippen LogP contribution < -0.4 is 0 Å². The van der Waals surface area contributed by atoms with Crippen molar-refractivity contribution in [2.45, 2.75) is 45.6 Å². The Morgan fingerprint density at radius 3 is 2.82 bits per heavy atom. The van der Waals surface area contributed by atoms with E-state index in [0.717, 1.165) is 17.9 Å². The van der Waals surface area contributed by atoms with Gasteiger partial charge in [-0.2, -0.15) is 0 Å². The molecule has 0 aliphatic heterocycles. The average molecular weight is 151 g/mol. The molecule has 2 rings (SSSR count). The molecule has 0 radical (unpaired) electrons. The van der Waals surface area contributed by atoms with Gasteiger partial charge in [-0.1, -0.05) is 20.3 Å². The third kappa shape index (κ3) is 1.63. The van der Waals surface area contributed by atoms with E-state index in [4.69, 9.17) is 4.99 Å². The Labute approximate surface area is 68.9 Å². The second-order valence-corrected chi connectivity index (χ2v) is 4.09. The first-order chi connectivity index (χ1) is 5.31. The van der Waals surface area contributed by atoms with Gasteiger partial charge in [0.05, 0.1) is 6.04 Å². The first-order valence-electron chi connectivity index (χ1n) is 4.87. The normalized spacial score (nSPS) is 44.5. The van der Waals surface area contributed by atoms with Crippen LogP contribution in [0.5, 0.6) is 0 Å². The highest BCUT2D eigenvalue weighted by molar-refractivity contribution is 6.01. The Balaban J connectivity index is 1.77. The maximum absolute atomic E-state index is 4.70. The molecule has 0 aromatic rings.